The molecule has 0 atom stereocenters. The Hall–Kier alpha value is -1.21. The molecule has 0 amide bonds. The summed E-state index contributed by atoms with van der Waals surface area (Å²) in [6.45, 7) is 3.83. The second-order valence-corrected chi connectivity index (χ2v) is 6.54. The average molecular weight is 417 g/mol. The number of rotatable bonds is 2. The van der Waals surface area contributed by atoms with E-state index in [1.165, 1.54) is 0 Å². The summed E-state index contributed by atoms with van der Waals surface area (Å²) < 4.78 is 14.9. The molecule has 0 aliphatic carbocycles. The van der Waals surface area contributed by atoms with Crippen LogP contribution in [0.5, 0.6) is 11.5 Å². The van der Waals surface area contributed by atoms with Crippen molar-refractivity contribution in [1.29, 1.82) is 0 Å². The third kappa shape index (κ3) is 2.89. The van der Waals surface area contributed by atoms with Gasteiger partial charge in [0.15, 0.2) is 11.5 Å². The Kier molecular flexibility index (Phi) is 4.12. The number of ether oxygens (including phenoxy) is 2. The number of nitrogens with two attached hydrogens (primary N) is 1. The van der Waals surface area contributed by atoms with Gasteiger partial charge in [-0.1, -0.05) is 0 Å². The first-order valence-corrected chi connectivity index (χ1v) is 8.21. The number of halogens is 2. The van der Waals surface area contributed by atoms with Crippen molar-refractivity contribution < 1.29 is 9.47 Å². The molecule has 0 bridgehead atoms. The van der Waals surface area contributed by atoms with Crippen molar-refractivity contribution in [2.45, 2.75) is 19.9 Å². The second-order valence-electron chi connectivity index (χ2n) is 4.90. The van der Waals surface area contributed by atoms with Gasteiger partial charge in [-0.25, -0.2) is 4.68 Å². The molecule has 2 aromatic rings. The lowest BCUT2D eigenvalue weighted by Gasteiger charge is -2.12. The van der Waals surface area contributed by atoms with E-state index in [-0.39, 0.29) is 0 Å². The van der Waals surface area contributed by atoms with Gasteiger partial charge >= 0.3 is 0 Å². The van der Waals surface area contributed by atoms with Gasteiger partial charge in [0.1, 0.15) is 5.82 Å². The van der Waals surface area contributed by atoms with Crippen LogP contribution in [0.2, 0.25) is 0 Å². The fourth-order valence-corrected chi connectivity index (χ4v) is 3.13. The number of nitrogen functional groups attached to an aromatic ring is 1. The molecule has 0 unspecified atom stereocenters. The molecule has 1 aromatic carbocycles. The van der Waals surface area contributed by atoms with Crippen molar-refractivity contribution in [2.75, 3.05) is 18.9 Å². The summed E-state index contributed by atoms with van der Waals surface area (Å²) in [4.78, 5) is 0. The van der Waals surface area contributed by atoms with Gasteiger partial charge in [-0.3, -0.25) is 0 Å². The van der Waals surface area contributed by atoms with Gasteiger partial charge in [0, 0.05) is 6.42 Å². The maximum absolute atomic E-state index is 6.04. The Morgan fingerprint density at radius 1 is 1.29 bits per heavy atom. The van der Waals surface area contributed by atoms with Gasteiger partial charge in [0.05, 0.1) is 34.4 Å². The number of aromatic nitrogens is 2. The van der Waals surface area contributed by atoms with E-state index >= 15 is 0 Å². The lowest BCUT2D eigenvalue weighted by molar-refractivity contribution is 0.296. The summed E-state index contributed by atoms with van der Waals surface area (Å²) in [6.07, 6.45) is 0.884. The van der Waals surface area contributed by atoms with Crippen LogP contribution >= 0.6 is 31.9 Å². The highest BCUT2D eigenvalue weighted by atomic mass is 79.9. The topological polar surface area (TPSA) is 62.3 Å². The first-order chi connectivity index (χ1) is 10.1. The molecule has 1 aromatic heterocycles. The standard InChI is InChI=1S/C14H15Br2N3O2/c1-8-12(16)14(17)19(18-8)7-9-5-10(15)13-11(6-9)20-3-2-4-21-13/h5-6H,2-4,7,17H2,1H3. The quantitative estimate of drug-likeness (QED) is 0.813. The van der Waals surface area contributed by atoms with Crippen molar-refractivity contribution in [3.05, 3.63) is 32.3 Å². The highest BCUT2D eigenvalue weighted by molar-refractivity contribution is 9.11. The zero-order chi connectivity index (χ0) is 15.0. The Morgan fingerprint density at radius 3 is 2.76 bits per heavy atom. The Labute approximate surface area is 139 Å². The fourth-order valence-electron chi connectivity index (χ4n) is 2.25. The number of nitrogens with zero attached hydrogens (tertiary/aromatic N) is 2. The monoisotopic (exact) mass is 415 g/mol. The minimum absolute atomic E-state index is 0.577. The minimum atomic E-state index is 0.577. The van der Waals surface area contributed by atoms with Crippen LogP contribution in [0.25, 0.3) is 0 Å². The number of hydrogen-bond acceptors (Lipinski definition) is 4. The molecular weight excluding hydrogens is 402 g/mol. The van der Waals surface area contributed by atoms with Crippen molar-refractivity contribution in [2.24, 2.45) is 0 Å². The number of aryl methyl sites for hydroxylation is 1. The molecule has 0 fully saturated rings. The number of fused-ring (bicyclic) bond motifs is 1. The first kappa shape index (κ1) is 14.7. The van der Waals surface area contributed by atoms with E-state index in [0.717, 1.165) is 38.1 Å². The van der Waals surface area contributed by atoms with Crippen LogP contribution in [0, 0.1) is 6.92 Å². The van der Waals surface area contributed by atoms with Crippen LogP contribution in [0.4, 0.5) is 5.82 Å². The molecular formula is C14H15Br2N3O2. The van der Waals surface area contributed by atoms with Gasteiger partial charge in [-0.05, 0) is 56.5 Å². The summed E-state index contributed by atoms with van der Waals surface area (Å²) >= 11 is 6.98. The molecule has 0 spiro atoms. The molecule has 2 heterocycles. The zero-order valence-corrected chi connectivity index (χ0v) is 14.7. The summed E-state index contributed by atoms with van der Waals surface area (Å²) in [5.41, 5.74) is 7.96. The van der Waals surface area contributed by atoms with Gasteiger partial charge in [-0.15, -0.1) is 0 Å². The largest absolute Gasteiger partial charge is 0.490 e. The number of benzene rings is 1. The lowest BCUT2D eigenvalue weighted by atomic mass is 10.2. The Balaban J connectivity index is 1.94. The smallest absolute Gasteiger partial charge is 0.175 e. The predicted molar refractivity (Wildman–Crippen MR) is 87.9 cm³/mol. The van der Waals surface area contributed by atoms with Crippen LogP contribution in [0.15, 0.2) is 21.1 Å². The SMILES string of the molecule is Cc1nn(Cc2cc(Br)c3c(c2)OCCCO3)c(N)c1Br. The highest BCUT2D eigenvalue weighted by Gasteiger charge is 2.17. The lowest BCUT2D eigenvalue weighted by Crippen LogP contribution is -2.06. The molecule has 7 heteroatoms. The van der Waals surface area contributed by atoms with Crippen LogP contribution in [0.3, 0.4) is 0 Å². The second kappa shape index (κ2) is 5.88. The summed E-state index contributed by atoms with van der Waals surface area (Å²) in [7, 11) is 0. The van der Waals surface area contributed by atoms with Crippen LogP contribution in [-0.2, 0) is 6.54 Å². The van der Waals surface area contributed by atoms with Crippen molar-refractivity contribution >= 4 is 37.7 Å². The highest BCUT2D eigenvalue weighted by Crippen LogP contribution is 2.38. The van der Waals surface area contributed by atoms with Crippen LogP contribution < -0.4 is 15.2 Å². The van der Waals surface area contributed by atoms with Crippen LogP contribution in [0.1, 0.15) is 17.7 Å². The molecule has 5 nitrogen and oxygen atoms in total. The van der Waals surface area contributed by atoms with Crippen molar-refractivity contribution in [3.8, 4) is 11.5 Å². The zero-order valence-electron chi connectivity index (χ0n) is 11.5. The summed E-state index contributed by atoms with van der Waals surface area (Å²) in [5.74, 6) is 2.15. The van der Waals surface area contributed by atoms with E-state index in [1.54, 1.807) is 4.68 Å². The van der Waals surface area contributed by atoms with Gasteiger partial charge < -0.3 is 15.2 Å². The normalized spacial score (nSPS) is 14.0. The molecule has 1 aliphatic rings. The van der Waals surface area contributed by atoms with E-state index < -0.39 is 0 Å². The molecule has 0 saturated heterocycles. The summed E-state index contributed by atoms with van der Waals surface area (Å²) in [6, 6.07) is 3.99. The van der Waals surface area contributed by atoms with E-state index in [0.29, 0.717) is 25.6 Å². The summed E-state index contributed by atoms with van der Waals surface area (Å²) in [5, 5.41) is 4.42. The van der Waals surface area contributed by atoms with Crippen molar-refractivity contribution in [1.82, 2.24) is 9.78 Å². The maximum atomic E-state index is 6.04. The molecule has 1 aliphatic heterocycles. The molecule has 21 heavy (non-hydrogen) atoms. The number of hydrogen-bond donors (Lipinski definition) is 1. The number of anilines is 1. The van der Waals surface area contributed by atoms with Crippen LogP contribution in [-0.4, -0.2) is 23.0 Å². The van der Waals surface area contributed by atoms with Gasteiger partial charge in [0.2, 0.25) is 0 Å². The average Bonchev–Trinajstić information content (AvgIpc) is 2.65. The molecule has 0 saturated carbocycles. The molecule has 3 rings (SSSR count). The van der Waals surface area contributed by atoms with Gasteiger partial charge in [0.25, 0.3) is 0 Å². The van der Waals surface area contributed by atoms with Crippen molar-refractivity contribution in [3.63, 3.8) is 0 Å². The maximum Gasteiger partial charge on any atom is 0.175 e. The van der Waals surface area contributed by atoms with Gasteiger partial charge in [-0.2, -0.15) is 5.10 Å². The van der Waals surface area contributed by atoms with E-state index in [1.807, 2.05) is 19.1 Å². The first-order valence-electron chi connectivity index (χ1n) is 6.62. The fraction of sp³-hybridized carbons (Fsp3) is 0.357. The third-order valence-corrected chi connectivity index (χ3v) is 4.85. The molecule has 0 radical (unpaired) electrons. The van der Waals surface area contributed by atoms with E-state index in [2.05, 4.69) is 37.0 Å². The van der Waals surface area contributed by atoms with E-state index in [4.69, 9.17) is 15.2 Å². The Morgan fingerprint density at radius 2 is 2.05 bits per heavy atom. The Bertz CT molecular complexity index is 685. The van der Waals surface area contributed by atoms with E-state index in [9.17, 15) is 0 Å². The molecule has 2 N–H and O–H groups in total. The predicted octanol–water partition coefficient (Wildman–Crippen LogP) is 3.51. The molecule has 112 valence electrons. The minimum Gasteiger partial charge on any atom is -0.490 e. The third-order valence-electron chi connectivity index (χ3n) is 3.29.